The van der Waals surface area contributed by atoms with E-state index in [0.29, 0.717) is 26.2 Å². The van der Waals surface area contributed by atoms with Crippen molar-refractivity contribution < 1.29 is 14.7 Å². The van der Waals surface area contributed by atoms with E-state index in [2.05, 4.69) is 15.6 Å². The van der Waals surface area contributed by atoms with Crippen LogP contribution in [0.2, 0.25) is 0 Å². The second-order valence-corrected chi connectivity index (χ2v) is 4.15. The molecule has 2 rings (SSSR count). The third-order valence-corrected chi connectivity index (χ3v) is 2.74. The standard InChI is InChI=1S/C10H15N5O3/c16-9-7-14(3-1-2-11-9)4-5-15-6-8(10(17)18)12-13-15/h6H,1-5,7H2,(H,11,16)(H,17,18). The Kier molecular flexibility index (Phi) is 3.88. The molecule has 0 aromatic carbocycles. The van der Waals surface area contributed by atoms with Crippen molar-refractivity contribution in [2.45, 2.75) is 13.0 Å². The van der Waals surface area contributed by atoms with E-state index < -0.39 is 5.97 Å². The summed E-state index contributed by atoms with van der Waals surface area (Å²) in [5, 5.41) is 18.8. The topological polar surface area (TPSA) is 100 Å². The van der Waals surface area contributed by atoms with Crippen LogP contribution in [0.15, 0.2) is 6.20 Å². The first-order valence-electron chi connectivity index (χ1n) is 5.77. The van der Waals surface area contributed by atoms with Gasteiger partial charge >= 0.3 is 5.97 Å². The molecule has 2 heterocycles. The molecule has 0 bridgehead atoms. The summed E-state index contributed by atoms with van der Waals surface area (Å²) in [5.41, 5.74) is -0.0661. The molecule has 8 nitrogen and oxygen atoms in total. The summed E-state index contributed by atoms with van der Waals surface area (Å²) in [5.74, 6) is -1.06. The highest BCUT2D eigenvalue weighted by atomic mass is 16.4. The fraction of sp³-hybridized carbons (Fsp3) is 0.600. The van der Waals surface area contributed by atoms with Crippen LogP contribution in [-0.2, 0) is 11.3 Å². The SMILES string of the molecule is O=C1CN(CCn2cc(C(=O)O)nn2)CCCN1. The zero-order valence-electron chi connectivity index (χ0n) is 9.87. The Hall–Kier alpha value is -1.96. The van der Waals surface area contributed by atoms with Crippen LogP contribution in [0.5, 0.6) is 0 Å². The first kappa shape index (κ1) is 12.5. The van der Waals surface area contributed by atoms with E-state index in [9.17, 15) is 9.59 Å². The number of hydrogen-bond acceptors (Lipinski definition) is 5. The largest absolute Gasteiger partial charge is 0.476 e. The van der Waals surface area contributed by atoms with Crippen LogP contribution in [0.25, 0.3) is 0 Å². The number of aromatic nitrogens is 3. The van der Waals surface area contributed by atoms with Gasteiger partial charge < -0.3 is 10.4 Å². The number of carbonyl (C=O) groups excluding carboxylic acids is 1. The van der Waals surface area contributed by atoms with Gasteiger partial charge in [0.2, 0.25) is 5.91 Å². The van der Waals surface area contributed by atoms with Gasteiger partial charge in [0.25, 0.3) is 0 Å². The van der Waals surface area contributed by atoms with E-state index >= 15 is 0 Å². The number of carboxylic acid groups (broad SMARTS) is 1. The minimum atomic E-state index is -1.09. The van der Waals surface area contributed by atoms with Crippen LogP contribution in [0.4, 0.5) is 0 Å². The van der Waals surface area contributed by atoms with Gasteiger partial charge in [-0.25, -0.2) is 4.79 Å². The molecule has 1 fully saturated rings. The molecule has 1 aromatic heterocycles. The van der Waals surface area contributed by atoms with Crippen LogP contribution in [0.3, 0.4) is 0 Å². The monoisotopic (exact) mass is 253 g/mol. The van der Waals surface area contributed by atoms with Crippen LogP contribution >= 0.6 is 0 Å². The van der Waals surface area contributed by atoms with Gasteiger partial charge in [0.15, 0.2) is 5.69 Å². The average Bonchev–Trinajstić information content (AvgIpc) is 2.71. The molecule has 1 saturated heterocycles. The number of nitrogens with zero attached hydrogens (tertiary/aromatic N) is 4. The number of carboxylic acids is 1. The number of hydrogen-bond donors (Lipinski definition) is 2. The van der Waals surface area contributed by atoms with Gasteiger partial charge in [0, 0.05) is 19.6 Å². The predicted octanol–water partition coefficient (Wildman–Crippen LogP) is -1.20. The fourth-order valence-corrected chi connectivity index (χ4v) is 1.81. The third-order valence-electron chi connectivity index (χ3n) is 2.74. The zero-order valence-corrected chi connectivity index (χ0v) is 9.87. The van der Waals surface area contributed by atoms with Crippen LogP contribution in [0, 0.1) is 0 Å². The van der Waals surface area contributed by atoms with Crippen molar-refractivity contribution in [2.24, 2.45) is 0 Å². The van der Waals surface area contributed by atoms with Gasteiger partial charge in [-0.15, -0.1) is 5.10 Å². The molecule has 98 valence electrons. The summed E-state index contributed by atoms with van der Waals surface area (Å²) >= 11 is 0. The summed E-state index contributed by atoms with van der Waals surface area (Å²) in [7, 11) is 0. The molecular weight excluding hydrogens is 238 g/mol. The zero-order chi connectivity index (χ0) is 13.0. The normalized spacial score (nSPS) is 17.2. The second-order valence-electron chi connectivity index (χ2n) is 4.15. The molecule has 1 aliphatic rings. The maximum atomic E-state index is 11.3. The van der Waals surface area contributed by atoms with Crippen molar-refractivity contribution in [3.8, 4) is 0 Å². The lowest BCUT2D eigenvalue weighted by Gasteiger charge is -2.17. The van der Waals surface area contributed by atoms with E-state index in [0.717, 1.165) is 13.0 Å². The highest BCUT2D eigenvalue weighted by molar-refractivity contribution is 5.84. The molecule has 0 unspecified atom stereocenters. The Balaban J connectivity index is 1.86. The Morgan fingerprint density at radius 1 is 1.50 bits per heavy atom. The van der Waals surface area contributed by atoms with Gasteiger partial charge in [-0.3, -0.25) is 14.4 Å². The van der Waals surface area contributed by atoms with Gasteiger partial charge in [-0.2, -0.15) is 0 Å². The van der Waals surface area contributed by atoms with E-state index in [1.807, 2.05) is 4.90 Å². The number of rotatable bonds is 4. The number of nitrogens with one attached hydrogen (secondary N) is 1. The minimum Gasteiger partial charge on any atom is -0.476 e. The summed E-state index contributed by atoms with van der Waals surface area (Å²) in [6.07, 6.45) is 2.31. The molecule has 1 aliphatic heterocycles. The Bertz CT molecular complexity index is 444. The van der Waals surface area contributed by atoms with Crippen LogP contribution in [-0.4, -0.2) is 63.1 Å². The van der Waals surface area contributed by atoms with Gasteiger partial charge in [0.05, 0.1) is 19.3 Å². The molecule has 8 heteroatoms. The summed E-state index contributed by atoms with van der Waals surface area (Å²) < 4.78 is 1.48. The van der Waals surface area contributed by atoms with Crippen molar-refractivity contribution in [1.82, 2.24) is 25.2 Å². The lowest BCUT2D eigenvalue weighted by Crippen LogP contribution is -2.35. The molecule has 0 saturated carbocycles. The molecule has 18 heavy (non-hydrogen) atoms. The smallest absolute Gasteiger partial charge is 0.358 e. The quantitative estimate of drug-likeness (QED) is 0.699. The van der Waals surface area contributed by atoms with Crippen molar-refractivity contribution >= 4 is 11.9 Å². The first-order valence-corrected chi connectivity index (χ1v) is 5.77. The Morgan fingerprint density at radius 2 is 2.33 bits per heavy atom. The van der Waals surface area contributed by atoms with Crippen LogP contribution < -0.4 is 5.32 Å². The van der Waals surface area contributed by atoms with Gasteiger partial charge in [-0.1, -0.05) is 5.21 Å². The Morgan fingerprint density at radius 3 is 3.06 bits per heavy atom. The summed E-state index contributed by atoms with van der Waals surface area (Å²) in [4.78, 5) is 24.0. The highest BCUT2D eigenvalue weighted by Gasteiger charge is 2.14. The Labute approximate surface area is 104 Å². The van der Waals surface area contributed by atoms with E-state index in [-0.39, 0.29) is 11.6 Å². The molecule has 0 atom stereocenters. The van der Waals surface area contributed by atoms with Crippen molar-refractivity contribution in [2.75, 3.05) is 26.2 Å². The maximum absolute atomic E-state index is 11.3. The molecular formula is C10H15N5O3. The van der Waals surface area contributed by atoms with Crippen molar-refractivity contribution in [1.29, 1.82) is 0 Å². The van der Waals surface area contributed by atoms with E-state index in [1.165, 1.54) is 10.9 Å². The summed E-state index contributed by atoms with van der Waals surface area (Å²) in [6.45, 7) is 3.10. The molecule has 0 spiro atoms. The summed E-state index contributed by atoms with van der Waals surface area (Å²) in [6, 6.07) is 0. The molecule has 1 aromatic rings. The average molecular weight is 253 g/mol. The van der Waals surface area contributed by atoms with Crippen LogP contribution in [0.1, 0.15) is 16.9 Å². The minimum absolute atomic E-state index is 0.0253. The number of aromatic carboxylic acids is 1. The van der Waals surface area contributed by atoms with Gasteiger partial charge in [0.1, 0.15) is 0 Å². The molecule has 1 amide bonds. The fourth-order valence-electron chi connectivity index (χ4n) is 1.81. The van der Waals surface area contributed by atoms with E-state index in [1.54, 1.807) is 0 Å². The maximum Gasteiger partial charge on any atom is 0.358 e. The number of amides is 1. The third kappa shape index (κ3) is 3.27. The van der Waals surface area contributed by atoms with Gasteiger partial charge in [-0.05, 0) is 6.42 Å². The van der Waals surface area contributed by atoms with E-state index in [4.69, 9.17) is 5.11 Å². The lowest BCUT2D eigenvalue weighted by atomic mass is 10.4. The molecule has 0 aliphatic carbocycles. The first-order chi connectivity index (χ1) is 8.65. The lowest BCUT2D eigenvalue weighted by molar-refractivity contribution is -0.121. The predicted molar refractivity (Wildman–Crippen MR) is 61.0 cm³/mol. The number of carbonyl (C=O) groups is 2. The molecule has 2 N–H and O–H groups in total. The highest BCUT2D eigenvalue weighted by Crippen LogP contribution is 1.98. The molecule has 0 radical (unpaired) electrons. The van der Waals surface area contributed by atoms with Crippen molar-refractivity contribution in [3.63, 3.8) is 0 Å². The van der Waals surface area contributed by atoms with Crippen molar-refractivity contribution in [3.05, 3.63) is 11.9 Å². The second kappa shape index (κ2) is 5.58.